The van der Waals surface area contributed by atoms with Crippen molar-refractivity contribution in [1.82, 2.24) is 4.90 Å². The number of oxime groups is 1. The van der Waals surface area contributed by atoms with E-state index in [0.29, 0.717) is 19.5 Å². The summed E-state index contributed by atoms with van der Waals surface area (Å²) in [4.78, 5) is 13.2. The van der Waals surface area contributed by atoms with E-state index >= 15 is 0 Å². The zero-order valence-electron chi connectivity index (χ0n) is 10.1. The van der Waals surface area contributed by atoms with Gasteiger partial charge in [0.25, 0.3) is 0 Å². The second-order valence-electron chi connectivity index (χ2n) is 3.67. The predicted octanol–water partition coefficient (Wildman–Crippen LogP) is 0.396. The van der Waals surface area contributed by atoms with E-state index in [1.54, 1.807) is 4.90 Å². The van der Waals surface area contributed by atoms with Gasteiger partial charge < -0.3 is 20.6 Å². The van der Waals surface area contributed by atoms with Crippen LogP contribution in [0.25, 0.3) is 0 Å². The summed E-state index contributed by atoms with van der Waals surface area (Å²) in [6.07, 6.45) is 0.393. The molecule has 0 aliphatic heterocycles. The van der Waals surface area contributed by atoms with Crippen LogP contribution in [0.15, 0.2) is 5.16 Å². The number of ether oxygens (including phenoxy) is 1. The molecule has 0 heterocycles. The number of hydrogen-bond donors (Lipinski definition) is 2. The molecule has 6 nitrogen and oxygen atoms in total. The maximum Gasteiger partial charge on any atom is 0.248 e. The van der Waals surface area contributed by atoms with Crippen LogP contribution < -0.4 is 5.73 Å². The number of hydrogen-bond acceptors (Lipinski definition) is 4. The first-order valence-corrected chi connectivity index (χ1v) is 5.37. The second-order valence-corrected chi connectivity index (χ2v) is 3.67. The predicted molar refractivity (Wildman–Crippen MR) is 61.4 cm³/mol. The fraction of sp³-hybridized carbons (Fsp3) is 0.800. The largest absolute Gasteiger partial charge is 0.409 e. The van der Waals surface area contributed by atoms with E-state index in [0.717, 1.165) is 0 Å². The highest BCUT2D eigenvalue weighted by atomic mass is 16.5. The minimum absolute atomic E-state index is 0.0340. The lowest BCUT2D eigenvalue weighted by molar-refractivity contribution is -0.137. The van der Waals surface area contributed by atoms with Gasteiger partial charge in [-0.1, -0.05) is 5.16 Å². The van der Waals surface area contributed by atoms with E-state index in [4.69, 9.17) is 15.7 Å². The van der Waals surface area contributed by atoms with E-state index in [9.17, 15) is 4.79 Å². The summed E-state index contributed by atoms with van der Waals surface area (Å²) >= 11 is 0. The van der Waals surface area contributed by atoms with Gasteiger partial charge in [0.2, 0.25) is 5.91 Å². The van der Waals surface area contributed by atoms with Crippen molar-refractivity contribution < 1.29 is 14.7 Å². The molecule has 0 saturated heterocycles. The van der Waals surface area contributed by atoms with E-state index in [2.05, 4.69) is 5.16 Å². The average Bonchev–Trinajstić information content (AvgIpc) is 2.26. The maximum atomic E-state index is 11.6. The highest BCUT2D eigenvalue weighted by Gasteiger charge is 2.12. The molecule has 94 valence electrons. The molecular formula is C10H21N3O3. The van der Waals surface area contributed by atoms with Crippen molar-refractivity contribution in [1.29, 1.82) is 0 Å². The van der Waals surface area contributed by atoms with Crippen molar-refractivity contribution in [2.45, 2.75) is 33.3 Å². The first kappa shape index (κ1) is 14.7. The molecule has 0 rings (SSSR count). The van der Waals surface area contributed by atoms with Gasteiger partial charge in [0.15, 0.2) is 0 Å². The summed E-state index contributed by atoms with van der Waals surface area (Å²) in [5, 5.41) is 11.2. The van der Waals surface area contributed by atoms with E-state index in [1.165, 1.54) is 0 Å². The minimum Gasteiger partial charge on any atom is -0.409 e. The molecule has 0 aromatic heterocycles. The Morgan fingerprint density at radius 2 is 2.19 bits per heavy atom. The lowest BCUT2D eigenvalue weighted by atomic mass is 10.3. The monoisotopic (exact) mass is 231 g/mol. The molecule has 3 N–H and O–H groups in total. The number of nitrogens with two attached hydrogens (primary N) is 1. The van der Waals surface area contributed by atoms with Crippen molar-refractivity contribution in [3.05, 3.63) is 0 Å². The molecule has 0 atom stereocenters. The summed E-state index contributed by atoms with van der Waals surface area (Å²) in [6.45, 7) is 6.72. The number of likely N-dealkylation sites (N-methyl/N-ethyl adjacent to an activating group) is 1. The van der Waals surface area contributed by atoms with Gasteiger partial charge in [0, 0.05) is 19.5 Å². The Hall–Kier alpha value is -1.30. The number of rotatable bonds is 7. The Morgan fingerprint density at radius 3 is 2.62 bits per heavy atom. The van der Waals surface area contributed by atoms with Crippen LogP contribution in [0.1, 0.15) is 27.2 Å². The Morgan fingerprint density at radius 1 is 1.56 bits per heavy atom. The molecule has 0 unspecified atom stereocenters. The molecular weight excluding hydrogens is 210 g/mol. The van der Waals surface area contributed by atoms with Crippen molar-refractivity contribution in [3.63, 3.8) is 0 Å². The van der Waals surface area contributed by atoms with Crippen LogP contribution in [0.3, 0.4) is 0 Å². The standard InChI is InChI=1S/C10H21N3O3/c1-4-13(6-5-9(11)12-15)10(14)7-16-8(2)3/h8,15H,4-7H2,1-3H3,(H2,11,12). The first-order chi connectivity index (χ1) is 7.51. The van der Waals surface area contributed by atoms with Gasteiger partial charge >= 0.3 is 0 Å². The molecule has 0 saturated carbocycles. The fourth-order valence-corrected chi connectivity index (χ4v) is 1.09. The van der Waals surface area contributed by atoms with Gasteiger partial charge in [0.1, 0.15) is 12.4 Å². The van der Waals surface area contributed by atoms with Crippen molar-refractivity contribution in [2.75, 3.05) is 19.7 Å². The van der Waals surface area contributed by atoms with Crippen LogP contribution >= 0.6 is 0 Å². The first-order valence-electron chi connectivity index (χ1n) is 5.37. The third kappa shape index (κ3) is 6.23. The lowest BCUT2D eigenvalue weighted by Gasteiger charge is -2.21. The van der Waals surface area contributed by atoms with Crippen molar-refractivity contribution >= 4 is 11.7 Å². The molecule has 0 fully saturated rings. The Balaban J connectivity index is 4.02. The highest BCUT2D eigenvalue weighted by Crippen LogP contribution is 1.96. The molecule has 0 radical (unpaired) electrons. The van der Waals surface area contributed by atoms with Gasteiger partial charge in [-0.15, -0.1) is 0 Å². The Bertz CT molecular complexity index is 241. The molecule has 16 heavy (non-hydrogen) atoms. The Kier molecular flexibility index (Phi) is 7.28. The van der Waals surface area contributed by atoms with Gasteiger partial charge in [-0.2, -0.15) is 0 Å². The minimum atomic E-state index is -0.0815. The van der Waals surface area contributed by atoms with Gasteiger partial charge in [-0.05, 0) is 20.8 Å². The maximum absolute atomic E-state index is 11.6. The van der Waals surface area contributed by atoms with Gasteiger partial charge in [0.05, 0.1) is 6.10 Å². The fourth-order valence-electron chi connectivity index (χ4n) is 1.09. The lowest BCUT2D eigenvalue weighted by Crippen LogP contribution is -2.36. The van der Waals surface area contributed by atoms with E-state index in [-0.39, 0.29) is 24.5 Å². The quantitative estimate of drug-likeness (QED) is 0.287. The van der Waals surface area contributed by atoms with Crippen LogP contribution in [0.2, 0.25) is 0 Å². The zero-order chi connectivity index (χ0) is 12.6. The van der Waals surface area contributed by atoms with Crippen LogP contribution in [-0.2, 0) is 9.53 Å². The SMILES string of the molecule is CCN(CCC(N)=NO)C(=O)COC(C)C. The molecule has 0 aromatic carbocycles. The highest BCUT2D eigenvalue weighted by molar-refractivity contribution is 5.81. The topological polar surface area (TPSA) is 88.1 Å². The number of carbonyl (C=O) groups excluding carboxylic acids is 1. The van der Waals surface area contributed by atoms with E-state index < -0.39 is 0 Å². The van der Waals surface area contributed by atoms with Crippen molar-refractivity contribution in [3.8, 4) is 0 Å². The summed E-state index contributed by atoms with van der Waals surface area (Å²) in [6, 6.07) is 0. The third-order valence-electron chi connectivity index (χ3n) is 2.04. The molecule has 0 aromatic rings. The van der Waals surface area contributed by atoms with Crippen LogP contribution in [0, 0.1) is 0 Å². The van der Waals surface area contributed by atoms with Crippen LogP contribution in [-0.4, -0.2) is 47.7 Å². The molecule has 0 spiro atoms. The van der Waals surface area contributed by atoms with Gasteiger partial charge in [-0.25, -0.2) is 0 Å². The average molecular weight is 231 g/mol. The van der Waals surface area contributed by atoms with E-state index in [1.807, 2.05) is 20.8 Å². The molecule has 0 bridgehead atoms. The number of nitrogens with zero attached hydrogens (tertiary/aromatic N) is 2. The summed E-state index contributed by atoms with van der Waals surface area (Å²) in [7, 11) is 0. The number of amidine groups is 1. The second kappa shape index (κ2) is 7.92. The molecule has 0 aliphatic rings. The van der Waals surface area contributed by atoms with Crippen LogP contribution in [0.4, 0.5) is 0 Å². The van der Waals surface area contributed by atoms with Crippen molar-refractivity contribution in [2.24, 2.45) is 10.9 Å². The van der Waals surface area contributed by atoms with Gasteiger partial charge in [-0.3, -0.25) is 4.79 Å². The molecule has 1 amide bonds. The number of amides is 1. The Labute approximate surface area is 96.0 Å². The molecule has 6 heteroatoms. The zero-order valence-corrected chi connectivity index (χ0v) is 10.1. The number of carbonyl (C=O) groups is 1. The summed E-state index contributed by atoms with van der Waals surface area (Å²) in [5.41, 5.74) is 5.33. The smallest absolute Gasteiger partial charge is 0.248 e. The third-order valence-corrected chi connectivity index (χ3v) is 2.04. The van der Waals surface area contributed by atoms with Crippen LogP contribution in [0.5, 0.6) is 0 Å². The summed E-state index contributed by atoms with van der Waals surface area (Å²) < 4.78 is 5.22. The molecule has 0 aliphatic carbocycles. The summed E-state index contributed by atoms with van der Waals surface area (Å²) in [5.74, 6) is 0.0398. The normalized spacial score (nSPS) is 11.9.